The highest BCUT2D eigenvalue weighted by Gasteiger charge is 2.34. The van der Waals surface area contributed by atoms with Gasteiger partial charge in [-0.3, -0.25) is 0 Å². The van der Waals surface area contributed by atoms with Gasteiger partial charge in [-0.25, -0.2) is 0 Å². The molecule has 57 heavy (non-hydrogen) atoms. The Hall–Kier alpha value is -6.90. The lowest BCUT2D eigenvalue weighted by molar-refractivity contribution is 0.475. The zero-order valence-electron chi connectivity index (χ0n) is 32.3. The number of fused-ring (bicyclic) bond motifs is 1. The first-order valence-electron chi connectivity index (χ1n) is 20.2. The molecule has 10 aromatic rings. The van der Waals surface area contributed by atoms with Gasteiger partial charge in [-0.1, -0.05) is 141 Å². The summed E-state index contributed by atoms with van der Waals surface area (Å²) in [6, 6.07) is 71.5. The predicted octanol–water partition coefficient (Wildman–Crippen LogP) is 15.6. The van der Waals surface area contributed by atoms with E-state index in [-0.39, 0.29) is 5.41 Å². The molecule has 0 saturated carbocycles. The molecular formula is C55H42N2. The minimum Gasteiger partial charge on any atom is -0.310 e. The van der Waals surface area contributed by atoms with Crippen LogP contribution in [0.2, 0.25) is 0 Å². The van der Waals surface area contributed by atoms with Crippen molar-refractivity contribution in [2.75, 3.05) is 9.80 Å². The maximum Gasteiger partial charge on any atom is 0.0546 e. The molecule has 0 unspecified atom stereocenters. The monoisotopic (exact) mass is 730 g/mol. The lowest BCUT2D eigenvalue weighted by Gasteiger charge is -2.37. The third-order valence-corrected chi connectivity index (χ3v) is 12.4. The van der Waals surface area contributed by atoms with Crippen molar-refractivity contribution in [3.05, 3.63) is 205 Å². The summed E-state index contributed by atoms with van der Waals surface area (Å²) in [5, 5.41) is 10.4. The number of benzene rings is 10. The third-order valence-electron chi connectivity index (χ3n) is 12.4. The van der Waals surface area contributed by atoms with Crippen LogP contribution in [0.4, 0.5) is 34.1 Å². The van der Waals surface area contributed by atoms with E-state index in [1.165, 1.54) is 76.7 Å². The molecule has 272 valence electrons. The highest BCUT2D eigenvalue weighted by atomic mass is 15.1. The van der Waals surface area contributed by atoms with Gasteiger partial charge < -0.3 is 9.80 Å². The molecule has 0 saturated heterocycles. The van der Waals surface area contributed by atoms with E-state index in [1.54, 1.807) is 0 Å². The summed E-state index contributed by atoms with van der Waals surface area (Å²) in [6.45, 7) is 4.90. The van der Waals surface area contributed by atoms with Crippen molar-refractivity contribution in [3.8, 4) is 11.1 Å². The quantitative estimate of drug-likeness (QED) is 0.151. The highest BCUT2D eigenvalue weighted by Crippen LogP contribution is 2.55. The maximum absolute atomic E-state index is 2.57. The average Bonchev–Trinajstić information content (AvgIpc) is 3.26. The summed E-state index contributed by atoms with van der Waals surface area (Å²) in [5.74, 6) is 0. The topological polar surface area (TPSA) is 6.48 Å². The Balaban J connectivity index is 1.35. The summed E-state index contributed by atoms with van der Waals surface area (Å²) in [7, 11) is 0. The van der Waals surface area contributed by atoms with Crippen LogP contribution in [0.15, 0.2) is 194 Å². The molecule has 0 aliphatic heterocycles. The lowest BCUT2D eigenvalue weighted by atomic mass is 9.70. The zero-order valence-corrected chi connectivity index (χ0v) is 32.3. The fourth-order valence-electron chi connectivity index (χ4n) is 9.67. The van der Waals surface area contributed by atoms with Crippen molar-refractivity contribution in [3.63, 3.8) is 0 Å². The Morgan fingerprint density at radius 1 is 0.386 bits per heavy atom. The predicted molar refractivity (Wildman–Crippen MR) is 244 cm³/mol. The summed E-state index contributed by atoms with van der Waals surface area (Å²) in [6.07, 6.45) is 2.12. The smallest absolute Gasteiger partial charge is 0.0546 e. The lowest BCUT2D eigenvalue weighted by Crippen LogP contribution is -2.24. The number of para-hydroxylation sites is 4. The molecule has 0 bridgehead atoms. The number of rotatable bonds is 7. The molecule has 0 fully saturated rings. The summed E-state index contributed by atoms with van der Waals surface area (Å²) >= 11 is 0. The molecule has 1 aliphatic rings. The number of anilines is 6. The maximum atomic E-state index is 2.57. The molecule has 0 radical (unpaired) electrons. The van der Waals surface area contributed by atoms with Crippen LogP contribution in [0.5, 0.6) is 0 Å². The fourth-order valence-corrected chi connectivity index (χ4v) is 9.67. The van der Waals surface area contributed by atoms with E-state index in [9.17, 15) is 0 Å². The molecule has 0 heterocycles. The largest absolute Gasteiger partial charge is 0.310 e. The second-order valence-electron chi connectivity index (χ2n) is 16.2. The van der Waals surface area contributed by atoms with Crippen molar-refractivity contribution in [1.82, 2.24) is 0 Å². The van der Waals surface area contributed by atoms with Crippen LogP contribution in [0.3, 0.4) is 0 Å². The first-order chi connectivity index (χ1) is 28.0. The summed E-state index contributed by atoms with van der Waals surface area (Å²) in [5.41, 5.74) is 12.3. The van der Waals surface area contributed by atoms with E-state index < -0.39 is 0 Å². The Kier molecular flexibility index (Phi) is 7.69. The molecule has 0 atom stereocenters. The molecule has 10 aromatic carbocycles. The summed E-state index contributed by atoms with van der Waals surface area (Å²) < 4.78 is 0. The molecule has 0 spiro atoms. The van der Waals surface area contributed by atoms with E-state index in [0.29, 0.717) is 0 Å². The average molecular weight is 731 g/mol. The molecule has 1 aliphatic carbocycles. The highest BCUT2D eigenvalue weighted by molar-refractivity contribution is 6.32. The molecule has 0 N–H and O–H groups in total. The molecular weight excluding hydrogens is 689 g/mol. The molecule has 0 amide bonds. The standard InChI is InChI=1S/C55H42N2/c1-55(2)33-32-38-34-50(56(39-20-7-3-8-21-39)40-22-9-4-10-23-40)46-31-30-45-47(44-29-17-19-37-18-15-16-28-43(37)44)36-51(48-35-49(55)52(38)54(46)53(45)48)57(41-24-11-5-12-25-41)42-26-13-6-14-27-42/h3-31,34-36H,32-33H2,1-2H3. The van der Waals surface area contributed by atoms with Crippen LogP contribution >= 0.6 is 0 Å². The number of aryl methyl sites for hydroxylation is 1. The second-order valence-corrected chi connectivity index (χ2v) is 16.2. The van der Waals surface area contributed by atoms with Gasteiger partial charge in [0.05, 0.1) is 11.4 Å². The van der Waals surface area contributed by atoms with Crippen molar-refractivity contribution in [2.45, 2.75) is 32.1 Å². The van der Waals surface area contributed by atoms with Crippen molar-refractivity contribution in [2.24, 2.45) is 0 Å². The Bertz CT molecular complexity index is 3000. The van der Waals surface area contributed by atoms with Crippen LogP contribution in [0.25, 0.3) is 54.2 Å². The van der Waals surface area contributed by atoms with Crippen LogP contribution in [-0.2, 0) is 11.8 Å². The zero-order chi connectivity index (χ0) is 38.1. The van der Waals surface area contributed by atoms with E-state index in [4.69, 9.17) is 0 Å². The van der Waals surface area contributed by atoms with Gasteiger partial charge in [0, 0.05) is 44.3 Å². The van der Waals surface area contributed by atoms with E-state index in [0.717, 1.165) is 35.6 Å². The van der Waals surface area contributed by atoms with Gasteiger partial charge in [0.25, 0.3) is 0 Å². The normalized spacial score (nSPS) is 13.4. The van der Waals surface area contributed by atoms with Gasteiger partial charge in [0.15, 0.2) is 0 Å². The Morgan fingerprint density at radius 2 is 0.895 bits per heavy atom. The van der Waals surface area contributed by atoms with Gasteiger partial charge in [0.2, 0.25) is 0 Å². The van der Waals surface area contributed by atoms with Gasteiger partial charge in [0.1, 0.15) is 0 Å². The number of hydrogen-bond acceptors (Lipinski definition) is 2. The van der Waals surface area contributed by atoms with Crippen LogP contribution < -0.4 is 9.80 Å². The SMILES string of the molecule is CC1(C)CCc2cc(N(c3ccccc3)c3ccccc3)c3ccc4c(-c5cccc6ccccc56)cc(N(c5ccccc5)c5ccccc5)c5cc1c2c3c45. The van der Waals surface area contributed by atoms with Crippen molar-refractivity contribution >= 4 is 77.2 Å². The first kappa shape index (κ1) is 33.4. The fraction of sp³-hybridized carbons (Fsp3) is 0.0909. The Morgan fingerprint density at radius 3 is 1.49 bits per heavy atom. The second kappa shape index (κ2) is 13.1. The van der Waals surface area contributed by atoms with Gasteiger partial charge >= 0.3 is 0 Å². The minimum absolute atomic E-state index is 0.00422. The third kappa shape index (κ3) is 5.32. The van der Waals surface area contributed by atoms with Crippen LogP contribution in [0, 0.1) is 0 Å². The molecule has 2 heteroatoms. The molecule has 11 rings (SSSR count). The van der Waals surface area contributed by atoms with Crippen LogP contribution in [0.1, 0.15) is 31.4 Å². The van der Waals surface area contributed by atoms with Crippen LogP contribution in [-0.4, -0.2) is 0 Å². The van der Waals surface area contributed by atoms with E-state index in [1.807, 2.05) is 0 Å². The van der Waals surface area contributed by atoms with Gasteiger partial charge in [-0.15, -0.1) is 0 Å². The van der Waals surface area contributed by atoms with Crippen molar-refractivity contribution < 1.29 is 0 Å². The molecule has 0 aromatic heterocycles. The minimum atomic E-state index is -0.00422. The Labute approximate surface area is 334 Å². The first-order valence-corrected chi connectivity index (χ1v) is 20.2. The van der Waals surface area contributed by atoms with Crippen molar-refractivity contribution in [1.29, 1.82) is 0 Å². The van der Waals surface area contributed by atoms with Gasteiger partial charge in [-0.2, -0.15) is 0 Å². The van der Waals surface area contributed by atoms with E-state index >= 15 is 0 Å². The number of nitrogens with zero attached hydrogens (tertiary/aromatic N) is 2. The summed E-state index contributed by atoms with van der Waals surface area (Å²) in [4.78, 5) is 4.94. The van der Waals surface area contributed by atoms with Gasteiger partial charge in [-0.05, 0) is 129 Å². The van der Waals surface area contributed by atoms with E-state index in [2.05, 4.69) is 218 Å². The number of hydrogen-bond donors (Lipinski definition) is 0. The molecule has 2 nitrogen and oxygen atoms in total.